The fourth-order valence-corrected chi connectivity index (χ4v) is 4.18. The first kappa shape index (κ1) is 21.4. The zero-order valence-electron chi connectivity index (χ0n) is 18.4. The number of hydrogen-bond acceptors (Lipinski definition) is 2. The van der Waals surface area contributed by atoms with Gasteiger partial charge in [0.05, 0.1) is 5.70 Å². The smallest absolute Gasteiger partial charge is 0.419 e. The number of allylic oxidation sites excluding steroid dienone is 4. The summed E-state index contributed by atoms with van der Waals surface area (Å²) in [5.41, 5.74) is 2.43. The lowest BCUT2D eigenvalue weighted by Gasteiger charge is -2.37. The number of amides is 1. The van der Waals surface area contributed by atoms with Gasteiger partial charge in [-0.05, 0) is 57.7 Å². The zero-order valence-corrected chi connectivity index (χ0v) is 18.4. The molecule has 29 heavy (non-hydrogen) atoms. The largest absolute Gasteiger partial charge is 0.443 e. The molecule has 1 heterocycles. The number of benzene rings is 1. The van der Waals surface area contributed by atoms with Gasteiger partial charge in [-0.25, -0.2) is 9.69 Å². The summed E-state index contributed by atoms with van der Waals surface area (Å²) >= 11 is 0. The van der Waals surface area contributed by atoms with E-state index in [9.17, 15) is 4.79 Å². The zero-order chi connectivity index (χ0) is 20.9. The first-order valence-corrected chi connectivity index (χ1v) is 11.0. The number of carbonyl (C=O) groups excluding carboxylic acids is 1. The van der Waals surface area contributed by atoms with Crippen molar-refractivity contribution >= 4 is 11.8 Å². The maximum atomic E-state index is 13.3. The highest BCUT2D eigenvalue weighted by Crippen LogP contribution is 2.48. The molecule has 0 unspecified atom stereocenters. The highest BCUT2D eigenvalue weighted by Gasteiger charge is 2.38. The second kappa shape index (κ2) is 9.02. The van der Waals surface area contributed by atoms with Crippen LogP contribution in [0.3, 0.4) is 0 Å². The third-order valence-electron chi connectivity index (χ3n) is 5.55. The Bertz CT molecular complexity index is 790. The van der Waals surface area contributed by atoms with Gasteiger partial charge in [0.15, 0.2) is 0 Å². The molecule has 156 valence electrons. The molecule has 1 aliphatic carbocycles. The molecule has 0 radical (unpaired) electrons. The monoisotopic (exact) mass is 393 g/mol. The van der Waals surface area contributed by atoms with E-state index in [0.29, 0.717) is 0 Å². The quantitative estimate of drug-likeness (QED) is 0.486. The number of carbonyl (C=O) groups is 1. The van der Waals surface area contributed by atoms with Gasteiger partial charge in [-0.3, -0.25) is 0 Å². The van der Waals surface area contributed by atoms with Gasteiger partial charge in [-0.15, -0.1) is 0 Å². The summed E-state index contributed by atoms with van der Waals surface area (Å²) in [6.07, 6.45) is 16.7. The molecule has 1 amide bonds. The Labute approximate surface area is 176 Å². The van der Waals surface area contributed by atoms with Crippen LogP contribution in [-0.4, -0.2) is 16.6 Å². The first-order chi connectivity index (χ1) is 13.8. The molecule has 0 N–H and O–H groups in total. The highest BCUT2D eigenvalue weighted by molar-refractivity contribution is 5.86. The third kappa shape index (κ3) is 5.41. The number of ether oxygens (including phenoxy) is 1. The SMILES string of the molecule is CCCC/C=C/C1=CC2(C=C(c3ccccc3)N1C(=O)OC(C)(C)C)CCCC2. The van der Waals surface area contributed by atoms with Crippen LogP contribution in [0.4, 0.5) is 4.79 Å². The Morgan fingerprint density at radius 2 is 1.83 bits per heavy atom. The van der Waals surface area contributed by atoms with Crippen molar-refractivity contribution in [3.63, 3.8) is 0 Å². The summed E-state index contributed by atoms with van der Waals surface area (Å²) in [5, 5.41) is 0. The lowest BCUT2D eigenvalue weighted by molar-refractivity contribution is 0.0397. The van der Waals surface area contributed by atoms with E-state index in [4.69, 9.17) is 4.74 Å². The number of rotatable bonds is 5. The molecule has 1 fully saturated rings. The molecule has 3 nitrogen and oxygen atoms in total. The Balaban J connectivity index is 2.05. The lowest BCUT2D eigenvalue weighted by atomic mass is 9.80. The van der Waals surface area contributed by atoms with Crippen molar-refractivity contribution in [2.24, 2.45) is 5.41 Å². The van der Waals surface area contributed by atoms with Gasteiger partial charge >= 0.3 is 6.09 Å². The summed E-state index contributed by atoms with van der Waals surface area (Å²) in [4.78, 5) is 15.1. The molecule has 1 aliphatic heterocycles. The van der Waals surface area contributed by atoms with Gasteiger partial charge in [0, 0.05) is 11.1 Å². The molecular formula is C26H35NO2. The van der Waals surface area contributed by atoms with Crippen LogP contribution in [0.15, 0.2) is 60.3 Å². The van der Waals surface area contributed by atoms with Crippen molar-refractivity contribution in [2.75, 3.05) is 0 Å². The molecule has 0 saturated heterocycles. The molecule has 3 heteroatoms. The van der Waals surface area contributed by atoms with Crippen LogP contribution in [-0.2, 0) is 4.74 Å². The van der Waals surface area contributed by atoms with Crippen LogP contribution >= 0.6 is 0 Å². The summed E-state index contributed by atoms with van der Waals surface area (Å²) < 4.78 is 5.81. The first-order valence-electron chi connectivity index (χ1n) is 11.0. The summed E-state index contributed by atoms with van der Waals surface area (Å²) in [6, 6.07) is 10.2. The summed E-state index contributed by atoms with van der Waals surface area (Å²) in [5.74, 6) is 0. The van der Waals surface area contributed by atoms with E-state index < -0.39 is 5.60 Å². The van der Waals surface area contributed by atoms with E-state index in [1.807, 2.05) is 39.0 Å². The predicted octanol–water partition coefficient (Wildman–Crippen LogP) is 7.47. The van der Waals surface area contributed by atoms with Crippen molar-refractivity contribution in [3.05, 3.63) is 65.9 Å². The molecular weight excluding hydrogens is 358 g/mol. The lowest BCUT2D eigenvalue weighted by Crippen LogP contribution is -2.38. The van der Waals surface area contributed by atoms with Crippen LogP contribution in [0.25, 0.3) is 5.70 Å². The van der Waals surface area contributed by atoms with Crippen LogP contribution in [0, 0.1) is 5.41 Å². The molecule has 1 aromatic rings. The minimum Gasteiger partial charge on any atom is -0.443 e. The molecule has 1 aromatic carbocycles. The molecule has 3 rings (SSSR count). The Morgan fingerprint density at radius 3 is 2.45 bits per heavy atom. The predicted molar refractivity (Wildman–Crippen MR) is 120 cm³/mol. The molecule has 0 bridgehead atoms. The standard InChI is InChI=1S/C26H35NO2/c1-5-6-7-11-16-22-19-26(17-12-13-18-26)20-23(21-14-9-8-10-15-21)27(22)24(28)29-25(2,3)4/h8-11,14-16,19-20H,5-7,12-13,17-18H2,1-4H3/b16-11+. The summed E-state index contributed by atoms with van der Waals surface area (Å²) in [7, 11) is 0. The van der Waals surface area contributed by atoms with E-state index in [1.165, 1.54) is 12.8 Å². The molecule has 1 saturated carbocycles. The van der Waals surface area contributed by atoms with Gasteiger partial charge in [-0.1, -0.05) is 75.1 Å². The van der Waals surface area contributed by atoms with Gasteiger partial charge in [0.25, 0.3) is 0 Å². The van der Waals surface area contributed by atoms with Gasteiger partial charge < -0.3 is 4.74 Å². The van der Waals surface area contributed by atoms with Crippen LogP contribution < -0.4 is 0 Å². The minimum absolute atomic E-state index is 0.0358. The van der Waals surface area contributed by atoms with Crippen molar-refractivity contribution in [1.29, 1.82) is 0 Å². The number of nitrogens with zero attached hydrogens (tertiary/aromatic N) is 1. The maximum Gasteiger partial charge on any atom is 0.419 e. The number of unbranched alkanes of at least 4 members (excludes halogenated alkanes) is 2. The second-order valence-electron chi connectivity index (χ2n) is 9.27. The minimum atomic E-state index is -0.543. The average molecular weight is 394 g/mol. The Hall–Kier alpha value is -2.29. The Kier molecular flexibility index (Phi) is 6.66. The normalized spacial score (nSPS) is 18.8. The average Bonchev–Trinajstić information content (AvgIpc) is 3.11. The fourth-order valence-electron chi connectivity index (χ4n) is 4.18. The van der Waals surface area contributed by atoms with Crippen LogP contribution in [0.2, 0.25) is 0 Å². The van der Waals surface area contributed by atoms with Crippen molar-refractivity contribution in [2.45, 2.75) is 78.2 Å². The van der Waals surface area contributed by atoms with E-state index in [1.54, 1.807) is 4.90 Å². The van der Waals surface area contributed by atoms with E-state index in [2.05, 4.69) is 43.4 Å². The molecule has 0 atom stereocenters. The highest BCUT2D eigenvalue weighted by atomic mass is 16.6. The van der Waals surface area contributed by atoms with Gasteiger partial charge in [0.1, 0.15) is 5.60 Å². The summed E-state index contributed by atoms with van der Waals surface area (Å²) in [6.45, 7) is 7.95. The molecule has 2 aliphatic rings. The van der Waals surface area contributed by atoms with Crippen molar-refractivity contribution in [1.82, 2.24) is 4.90 Å². The maximum absolute atomic E-state index is 13.3. The Morgan fingerprint density at radius 1 is 1.14 bits per heavy atom. The van der Waals surface area contributed by atoms with Crippen molar-refractivity contribution in [3.8, 4) is 0 Å². The van der Waals surface area contributed by atoms with Crippen LogP contribution in [0.5, 0.6) is 0 Å². The van der Waals surface area contributed by atoms with E-state index >= 15 is 0 Å². The molecule has 1 spiro atoms. The van der Waals surface area contributed by atoms with E-state index in [0.717, 1.165) is 49.1 Å². The number of hydrogen-bond donors (Lipinski definition) is 0. The molecule has 0 aromatic heterocycles. The fraction of sp³-hybridized carbons (Fsp3) is 0.500. The van der Waals surface area contributed by atoms with Crippen molar-refractivity contribution < 1.29 is 9.53 Å². The van der Waals surface area contributed by atoms with E-state index in [-0.39, 0.29) is 11.5 Å². The van der Waals surface area contributed by atoms with Gasteiger partial charge in [0.2, 0.25) is 0 Å². The van der Waals surface area contributed by atoms with Crippen LogP contribution in [0.1, 0.15) is 78.2 Å². The second-order valence-corrected chi connectivity index (χ2v) is 9.27. The topological polar surface area (TPSA) is 29.5 Å². The third-order valence-corrected chi connectivity index (χ3v) is 5.55. The van der Waals surface area contributed by atoms with Gasteiger partial charge in [-0.2, -0.15) is 0 Å².